The standard InChI is InChI=1S/C12H16N4O2S/c13-5-8-9(14)10(11(15)17)19-12(8)16-6-7-3-1-2-4-18-7/h7,16H,1-4,6,14H2,(H2,15,17). The first-order chi connectivity index (χ1) is 9.13. The summed E-state index contributed by atoms with van der Waals surface area (Å²) < 4.78 is 5.59. The average molecular weight is 280 g/mol. The molecule has 1 saturated heterocycles. The van der Waals surface area contributed by atoms with Crippen LogP contribution in [0.5, 0.6) is 0 Å². The Morgan fingerprint density at radius 1 is 1.58 bits per heavy atom. The van der Waals surface area contributed by atoms with Crippen molar-refractivity contribution in [3.8, 4) is 6.07 Å². The number of carbonyl (C=O) groups is 1. The SMILES string of the molecule is N#Cc1c(NCC2CCCCO2)sc(C(N)=O)c1N. The average Bonchev–Trinajstić information content (AvgIpc) is 2.74. The second kappa shape index (κ2) is 5.91. The van der Waals surface area contributed by atoms with Gasteiger partial charge in [-0.25, -0.2) is 0 Å². The second-order valence-electron chi connectivity index (χ2n) is 4.39. The van der Waals surface area contributed by atoms with Gasteiger partial charge in [-0.1, -0.05) is 0 Å². The number of thiophene rings is 1. The fourth-order valence-electron chi connectivity index (χ4n) is 2.04. The van der Waals surface area contributed by atoms with Gasteiger partial charge in [0.05, 0.1) is 11.8 Å². The molecule has 2 heterocycles. The first-order valence-corrected chi connectivity index (χ1v) is 6.92. The second-order valence-corrected chi connectivity index (χ2v) is 5.42. The van der Waals surface area contributed by atoms with Crippen LogP contribution in [0.25, 0.3) is 0 Å². The number of anilines is 2. The molecule has 5 N–H and O–H groups in total. The van der Waals surface area contributed by atoms with Crippen LogP contribution in [-0.4, -0.2) is 25.2 Å². The molecule has 1 aliphatic rings. The first kappa shape index (κ1) is 13.6. The summed E-state index contributed by atoms with van der Waals surface area (Å²) in [5.74, 6) is -0.610. The molecular weight excluding hydrogens is 264 g/mol. The van der Waals surface area contributed by atoms with Crippen molar-refractivity contribution in [1.29, 1.82) is 5.26 Å². The number of hydrogen-bond acceptors (Lipinski definition) is 6. The molecule has 1 aromatic heterocycles. The third-order valence-electron chi connectivity index (χ3n) is 3.05. The fourth-order valence-corrected chi connectivity index (χ4v) is 2.97. The van der Waals surface area contributed by atoms with E-state index in [-0.39, 0.29) is 22.2 Å². The Kier molecular flexibility index (Phi) is 4.24. The largest absolute Gasteiger partial charge is 0.396 e. The normalized spacial score (nSPS) is 18.8. The Hall–Kier alpha value is -1.78. The summed E-state index contributed by atoms with van der Waals surface area (Å²) in [5, 5.41) is 12.8. The molecule has 1 fully saturated rings. The summed E-state index contributed by atoms with van der Waals surface area (Å²) in [4.78, 5) is 11.4. The number of amides is 1. The Morgan fingerprint density at radius 2 is 2.37 bits per heavy atom. The molecule has 0 spiro atoms. The van der Waals surface area contributed by atoms with Gasteiger partial charge in [-0.3, -0.25) is 4.79 Å². The van der Waals surface area contributed by atoms with Crippen LogP contribution in [-0.2, 0) is 4.74 Å². The summed E-state index contributed by atoms with van der Waals surface area (Å²) in [7, 11) is 0. The van der Waals surface area contributed by atoms with Crippen LogP contribution < -0.4 is 16.8 Å². The van der Waals surface area contributed by atoms with Gasteiger partial charge in [0.25, 0.3) is 5.91 Å². The molecule has 0 saturated carbocycles. The number of nitrogens with one attached hydrogen (secondary N) is 1. The van der Waals surface area contributed by atoms with Crippen molar-refractivity contribution in [2.45, 2.75) is 25.4 Å². The summed E-state index contributed by atoms with van der Waals surface area (Å²) in [6.45, 7) is 1.38. The van der Waals surface area contributed by atoms with Gasteiger partial charge < -0.3 is 21.5 Å². The molecule has 7 heteroatoms. The lowest BCUT2D eigenvalue weighted by atomic mass is 10.1. The molecule has 1 amide bonds. The van der Waals surface area contributed by atoms with E-state index in [1.807, 2.05) is 6.07 Å². The highest BCUT2D eigenvalue weighted by Gasteiger charge is 2.20. The molecule has 1 aromatic rings. The highest BCUT2D eigenvalue weighted by atomic mass is 32.1. The van der Waals surface area contributed by atoms with Gasteiger partial charge in [0.2, 0.25) is 0 Å². The maximum Gasteiger partial charge on any atom is 0.261 e. The maximum atomic E-state index is 11.2. The van der Waals surface area contributed by atoms with Gasteiger partial charge in [-0.2, -0.15) is 5.26 Å². The maximum absolute atomic E-state index is 11.2. The van der Waals surface area contributed by atoms with Gasteiger partial charge in [0.1, 0.15) is 21.5 Å². The van der Waals surface area contributed by atoms with Crippen molar-refractivity contribution < 1.29 is 9.53 Å². The summed E-state index contributed by atoms with van der Waals surface area (Å²) in [6.07, 6.45) is 3.38. The summed E-state index contributed by atoms with van der Waals surface area (Å²) in [5.41, 5.74) is 11.4. The Labute approximate surface area is 115 Å². The lowest BCUT2D eigenvalue weighted by Gasteiger charge is -2.22. The van der Waals surface area contributed by atoms with Crippen molar-refractivity contribution in [3.63, 3.8) is 0 Å². The smallest absolute Gasteiger partial charge is 0.261 e. The van der Waals surface area contributed by atoms with Crippen LogP contribution in [0, 0.1) is 11.3 Å². The molecule has 1 atom stereocenters. The van der Waals surface area contributed by atoms with E-state index >= 15 is 0 Å². The first-order valence-electron chi connectivity index (χ1n) is 6.11. The molecule has 2 rings (SSSR count). The minimum absolute atomic E-state index is 0.139. The minimum Gasteiger partial charge on any atom is -0.396 e. The Morgan fingerprint density at radius 3 is 2.95 bits per heavy atom. The quantitative estimate of drug-likeness (QED) is 0.768. The zero-order valence-electron chi connectivity index (χ0n) is 10.4. The number of nitrogen functional groups attached to an aromatic ring is 1. The molecule has 1 unspecified atom stereocenters. The minimum atomic E-state index is -0.610. The molecule has 0 radical (unpaired) electrons. The van der Waals surface area contributed by atoms with Crippen molar-refractivity contribution in [3.05, 3.63) is 10.4 Å². The zero-order valence-corrected chi connectivity index (χ0v) is 11.3. The van der Waals surface area contributed by atoms with E-state index in [2.05, 4.69) is 5.32 Å². The number of rotatable bonds is 4. The highest BCUT2D eigenvalue weighted by molar-refractivity contribution is 7.18. The van der Waals surface area contributed by atoms with E-state index < -0.39 is 5.91 Å². The van der Waals surface area contributed by atoms with Gasteiger partial charge in [-0.05, 0) is 19.3 Å². The molecule has 0 aliphatic carbocycles. The number of hydrogen-bond donors (Lipinski definition) is 3. The number of nitriles is 1. The van der Waals surface area contributed by atoms with E-state index in [0.29, 0.717) is 11.5 Å². The third kappa shape index (κ3) is 2.97. The van der Waals surface area contributed by atoms with Crippen molar-refractivity contribution in [2.24, 2.45) is 5.73 Å². The van der Waals surface area contributed by atoms with Gasteiger partial charge in [-0.15, -0.1) is 11.3 Å². The Balaban J connectivity index is 2.09. The van der Waals surface area contributed by atoms with E-state index in [1.165, 1.54) is 0 Å². The topological polar surface area (TPSA) is 114 Å². The lowest BCUT2D eigenvalue weighted by Crippen LogP contribution is -2.26. The van der Waals surface area contributed by atoms with E-state index in [1.54, 1.807) is 0 Å². The zero-order chi connectivity index (χ0) is 13.8. The van der Waals surface area contributed by atoms with E-state index in [9.17, 15) is 4.79 Å². The van der Waals surface area contributed by atoms with E-state index in [4.69, 9.17) is 21.5 Å². The van der Waals surface area contributed by atoms with Crippen molar-refractivity contribution in [2.75, 3.05) is 24.2 Å². The Bertz CT molecular complexity index is 515. The molecule has 102 valence electrons. The molecular formula is C12H16N4O2S. The van der Waals surface area contributed by atoms with Crippen molar-refractivity contribution >= 4 is 27.9 Å². The van der Waals surface area contributed by atoms with E-state index in [0.717, 1.165) is 37.2 Å². The van der Waals surface area contributed by atoms with Gasteiger partial charge >= 0.3 is 0 Å². The van der Waals surface area contributed by atoms with Crippen LogP contribution in [0.4, 0.5) is 10.7 Å². The summed E-state index contributed by atoms with van der Waals surface area (Å²) >= 11 is 1.12. The van der Waals surface area contributed by atoms with Gasteiger partial charge in [0.15, 0.2) is 0 Å². The highest BCUT2D eigenvalue weighted by Crippen LogP contribution is 2.34. The number of primary amides is 1. The predicted molar refractivity (Wildman–Crippen MR) is 74.0 cm³/mol. The van der Waals surface area contributed by atoms with Crippen molar-refractivity contribution in [1.82, 2.24) is 0 Å². The lowest BCUT2D eigenvalue weighted by molar-refractivity contribution is 0.0248. The third-order valence-corrected chi connectivity index (χ3v) is 4.22. The van der Waals surface area contributed by atoms with Crippen LogP contribution in [0.1, 0.15) is 34.5 Å². The molecule has 0 aromatic carbocycles. The molecule has 0 bridgehead atoms. The number of carbonyl (C=O) groups excluding carboxylic acids is 1. The van der Waals surface area contributed by atoms with Crippen LogP contribution in [0.3, 0.4) is 0 Å². The monoisotopic (exact) mass is 280 g/mol. The number of ether oxygens (including phenoxy) is 1. The number of nitrogens with zero attached hydrogens (tertiary/aromatic N) is 1. The van der Waals surface area contributed by atoms with Crippen LogP contribution in [0.2, 0.25) is 0 Å². The van der Waals surface area contributed by atoms with Crippen LogP contribution >= 0.6 is 11.3 Å². The summed E-state index contributed by atoms with van der Waals surface area (Å²) in [6, 6.07) is 2.00. The molecule has 19 heavy (non-hydrogen) atoms. The molecule has 1 aliphatic heterocycles. The number of nitrogens with two attached hydrogens (primary N) is 2. The molecule has 6 nitrogen and oxygen atoms in total. The fraction of sp³-hybridized carbons (Fsp3) is 0.500. The van der Waals surface area contributed by atoms with Gasteiger partial charge in [0, 0.05) is 13.2 Å². The van der Waals surface area contributed by atoms with Crippen LogP contribution in [0.15, 0.2) is 0 Å². The predicted octanol–water partition coefficient (Wildman–Crippen LogP) is 1.28.